The van der Waals surface area contributed by atoms with Gasteiger partial charge in [0, 0.05) is 18.6 Å². The molecule has 1 saturated heterocycles. The Hall–Kier alpha value is -1.88. The van der Waals surface area contributed by atoms with Crippen LogP contribution in [0.3, 0.4) is 0 Å². The van der Waals surface area contributed by atoms with Crippen molar-refractivity contribution in [3.63, 3.8) is 0 Å². The molecule has 20 heavy (non-hydrogen) atoms. The van der Waals surface area contributed by atoms with Crippen molar-refractivity contribution >= 4 is 22.9 Å². The van der Waals surface area contributed by atoms with Crippen molar-refractivity contribution in [1.82, 2.24) is 19.5 Å². The Morgan fingerprint density at radius 2 is 2.05 bits per heavy atom. The molecule has 0 aliphatic carbocycles. The monoisotopic (exact) mass is 282 g/mol. The van der Waals surface area contributed by atoms with Gasteiger partial charge < -0.3 is 0 Å². The van der Waals surface area contributed by atoms with E-state index < -0.39 is 0 Å². The molecule has 1 atom stereocenters. The van der Waals surface area contributed by atoms with Crippen LogP contribution in [0.5, 0.6) is 0 Å². The number of hydrogen-bond acceptors (Lipinski definition) is 4. The lowest BCUT2D eigenvalue weighted by molar-refractivity contribution is 0.765. The fourth-order valence-corrected chi connectivity index (χ4v) is 3.93. The zero-order chi connectivity index (χ0) is 13.4. The largest absolute Gasteiger partial charge is 0.280 e. The average Bonchev–Trinajstić information content (AvgIpc) is 3.15. The summed E-state index contributed by atoms with van der Waals surface area (Å²) in [4.78, 5) is 13.5. The SMILES string of the molecule is c1cnc2c(c1)nc(C1CCCS1)n2-c1ccncc1. The van der Waals surface area contributed by atoms with Gasteiger partial charge in [-0.05, 0) is 42.9 Å². The summed E-state index contributed by atoms with van der Waals surface area (Å²) in [5.74, 6) is 2.34. The van der Waals surface area contributed by atoms with Crippen LogP contribution >= 0.6 is 11.8 Å². The van der Waals surface area contributed by atoms with Crippen molar-refractivity contribution in [2.75, 3.05) is 5.75 Å². The van der Waals surface area contributed by atoms with Crippen molar-refractivity contribution < 1.29 is 0 Å². The predicted octanol–water partition coefficient (Wildman–Crippen LogP) is 3.38. The number of fused-ring (bicyclic) bond motifs is 1. The van der Waals surface area contributed by atoms with Crippen LogP contribution in [0.15, 0.2) is 42.9 Å². The van der Waals surface area contributed by atoms with Crippen LogP contribution in [0.2, 0.25) is 0 Å². The first-order valence-electron chi connectivity index (χ1n) is 6.79. The Labute approximate surface area is 121 Å². The lowest BCUT2D eigenvalue weighted by Crippen LogP contribution is -2.04. The maximum Gasteiger partial charge on any atom is 0.164 e. The first-order chi connectivity index (χ1) is 9.93. The van der Waals surface area contributed by atoms with Crippen LogP contribution < -0.4 is 0 Å². The van der Waals surface area contributed by atoms with E-state index in [1.165, 1.54) is 18.6 Å². The van der Waals surface area contributed by atoms with Gasteiger partial charge >= 0.3 is 0 Å². The van der Waals surface area contributed by atoms with Gasteiger partial charge in [0.25, 0.3) is 0 Å². The number of rotatable bonds is 2. The fraction of sp³-hybridized carbons (Fsp3) is 0.267. The van der Waals surface area contributed by atoms with Crippen molar-refractivity contribution in [3.8, 4) is 5.69 Å². The third-order valence-corrected chi connectivity index (χ3v) is 4.95. The fourth-order valence-electron chi connectivity index (χ4n) is 2.67. The molecule has 3 aromatic heterocycles. The minimum Gasteiger partial charge on any atom is -0.280 e. The zero-order valence-corrected chi connectivity index (χ0v) is 11.8. The number of aromatic nitrogens is 4. The van der Waals surface area contributed by atoms with Crippen LogP contribution in [0, 0.1) is 0 Å². The Morgan fingerprint density at radius 3 is 2.85 bits per heavy atom. The second-order valence-electron chi connectivity index (χ2n) is 4.86. The van der Waals surface area contributed by atoms with E-state index in [-0.39, 0.29) is 0 Å². The molecule has 100 valence electrons. The maximum absolute atomic E-state index is 4.83. The smallest absolute Gasteiger partial charge is 0.164 e. The molecule has 0 N–H and O–H groups in total. The molecule has 1 fully saturated rings. The van der Waals surface area contributed by atoms with E-state index in [2.05, 4.69) is 14.5 Å². The molecule has 0 radical (unpaired) electrons. The van der Waals surface area contributed by atoms with E-state index in [4.69, 9.17) is 4.98 Å². The summed E-state index contributed by atoms with van der Waals surface area (Å²) in [7, 11) is 0. The number of nitrogens with zero attached hydrogens (tertiary/aromatic N) is 4. The third-order valence-electron chi connectivity index (χ3n) is 3.58. The van der Waals surface area contributed by atoms with Gasteiger partial charge in [0.05, 0.1) is 10.9 Å². The van der Waals surface area contributed by atoms with Crippen LogP contribution in [-0.2, 0) is 0 Å². The summed E-state index contributed by atoms with van der Waals surface area (Å²) < 4.78 is 2.18. The highest BCUT2D eigenvalue weighted by Crippen LogP contribution is 2.41. The minimum atomic E-state index is 0.470. The summed E-state index contributed by atoms with van der Waals surface area (Å²) in [5, 5.41) is 0.470. The molecule has 4 rings (SSSR count). The van der Waals surface area contributed by atoms with Crippen molar-refractivity contribution in [3.05, 3.63) is 48.7 Å². The molecule has 1 unspecified atom stereocenters. The van der Waals surface area contributed by atoms with Gasteiger partial charge in [-0.15, -0.1) is 0 Å². The van der Waals surface area contributed by atoms with Crippen LogP contribution in [0.25, 0.3) is 16.9 Å². The van der Waals surface area contributed by atoms with Crippen molar-refractivity contribution in [1.29, 1.82) is 0 Å². The van der Waals surface area contributed by atoms with Gasteiger partial charge in [0.1, 0.15) is 11.3 Å². The predicted molar refractivity (Wildman–Crippen MR) is 81.1 cm³/mol. The van der Waals surface area contributed by atoms with Crippen LogP contribution in [0.1, 0.15) is 23.9 Å². The number of imidazole rings is 1. The van der Waals surface area contributed by atoms with Gasteiger partial charge in [0.2, 0.25) is 0 Å². The molecule has 1 aliphatic rings. The molecule has 0 bridgehead atoms. The molecule has 1 aliphatic heterocycles. The molecule has 4 nitrogen and oxygen atoms in total. The average molecular weight is 282 g/mol. The Morgan fingerprint density at radius 1 is 1.15 bits per heavy atom. The molecule has 0 aromatic carbocycles. The summed E-state index contributed by atoms with van der Waals surface area (Å²) in [5.41, 5.74) is 2.98. The van der Waals surface area contributed by atoms with Gasteiger partial charge in [-0.2, -0.15) is 11.8 Å². The van der Waals surface area contributed by atoms with Gasteiger partial charge in [0.15, 0.2) is 5.65 Å². The molecular weight excluding hydrogens is 268 g/mol. The van der Waals surface area contributed by atoms with E-state index >= 15 is 0 Å². The zero-order valence-electron chi connectivity index (χ0n) is 10.9. The summed E-state index contributed by atoms with van der Waals surface area (Å²) in [6, 6.07) is 8.00. The van der Waals surface area contributed by atoms with Crippen molar-refractivity contribution in [2.45, 2.75) is 18.1 Å². The first kappa shape index (κ1) is 11.9. The highest BCUT2D eigenvalue weighted by atomic mass is 32.2. The number of pyridine rings is 2. The molecule has 0 saturated carbocycles. The molecule has 0 amide bonds. The normalized spacial score (nSPS) is 18.7. The number of hydrogen-bond donors (Lipinski definition) is 0. The minimum absolute atomic E-state index is 0.470. The third kappa shape index (κ3) is 1.89. The molecule has 3 aromatic rings. The summed E-state index contributed by atoms with van der Waals surface area (Å²) >= 11 is 1.99. The van der Waals surface area contributed by atoms with E-state index in [1.807, 2.05) is 54.6 Å². The second-order valence-corrected chi connectivity index (χ2v) is 6.17. The van der Waals surface area contributed by atoms with Gasteiger partial charge in [-0.3, -0.25) is 9.55 Å². The van der Waals surface area contributed by atoms with Crippen molar-refractivity contribution in [2.24, 2.45) is 0 Å². The summed E-state index contributed by atoms with van der Waals surface area (Å²) in [6.45, 7) is 0. The maximum atomic E-state index is 4.83. The lowest BCUT2D eigenvalue weighted by atomic mass is 10.2. The molecule has 0 spiro atoms. The van der Waals surface area contributed by atoms with Crippen LogP contribution in [0.4, 0.5) is 0 Å². The Bertz CT molecular complexity index is 732. The van der Waals surface area contributed by atoms with E-state index in [9.17, 15) is 0 Å². The van der Waals surface area contributed by atoms with Gasteiger partial charge in [-0.25, -0.2) is 9.97 Å². The van der Waals surface area contributed by atoms with E-state index in [0.29, 0.717) is 5.25 Å². The Balaban J connectivity index is 1.98. The molecular formula is C15H14N4S. The lowest BCUT2D eigenvalue weighted by Gasteiger charge is -2.12. The number of thioether (sulfide) groups is 1. The second kappa shape index (κ2) is 4.90. The Kier molecular flexibility index (Phi) is 2.92. The quantitative estimate of drug-likeness (QED) is 0.722. The topological polar surface area (TPSA) is 43.6 Å². The highest BCUT2D eigenvalue weighted by Gasteiger charge is 2.25. The standard InChI is InChI=1S/C15H14N4S/c1-3-12-14(17-7-1)19(11-5-8-16-9-6-11)15(18-12)13-4-2-10-20-13/h1,3,5-9,13H,2,4,10H2. The van der Waals surface area contributed by atoms with Gasteiger partial charge in [-0.1, -0.05) is 0 Å². The highest BCUT2D eigenvalue weighted by molar-refractivity contribution is 7.99. The first-order valence-corrected chi connectivity index (χ1v) is 7.84. The molecule has 5 heteroatoms. The van der Waals surface area contributed by atoms with E-state index in [0.717, 1.165) is 22.7 Å². The summed E-state index contributed by atoms with van der Waals surface area (Å²) in [6.07, 6.45) is 7.92. The molecule has 4 heterocycles. The van der Waals surface area contributed by atoms with E-state index in [1.54, 1.807) is 0 Å². The van der Waals surface area contributed by atoms with Crippen LogP contribution in [-0.4, -0.2) is 25.3 Å².